The zero-order chi connectivity index (χ0) is 18.4. The van der Waals surface area contributed by atoms with Crippen LogP contribution in [-0.4, -0.2) is 33.6 Å². The average Bonchev–Trinajstić information content (AvgIpc) is 2.64. The van der Waals surface area contributed by atoms with Crippen LogP contribution in [0.1, 0.15) is 24.5 Å². The lowest BCUT2D eigenvalue weighted by Gasteiger charge is -2.07. The number of aromatic nitrogens is 2. The zero-order valence-corrected chi connectivity index (χ0v) is 14.7. The number of nitrogens with zero attached hydrogens (tertiary/aromatic N) is 3. The van der Waals surface area contributed by atoms with Gasteiger partial charge in [0.05, 0.1) is 6.61 Å². The number of aryl methyl sites for hydroxylation is 1. The largest absolute Gasteiger partial charge is 0.494 e. The van der Waals surface area contributed by atoms with Crippen LogP contribution in [0.4, 0.5) is 0 Å². The molecule has 2 rings (SSSR count). The summed E-state index contributed by atoms with van der Waals surface area (Å²) in [6.45, 7) is 3.04. The Balaban J connectivity index is 1.90. The number of ether oxygens (including phenoxy) is 1. The van der Waals surface area contributed by atoms with Gasteiger partial charge in [-0.05, 0) is 24.1 Å². The van der Waals surface area contributed by atoms with Crippen LogP contribution in [0.5, 0.6) is 11.6 Å². The number of hydrogen-bond acceptors (Lipinski definition) is 5. The monoisotopic (exact) mass is 345 g/mol. The van der Waals surface area contributed by atoms with Crippen LogP contribution in [0.25, 0.3) is 0 Å². The minimum absolute atomic E-state index is 0.000623. The molecule has 0 aliphatic rings. The second-order valence-electron chi connectivity index (χ2n) is 5.68. The van der Waals surface area contributed by atoms with E-state index in [4.69, 9.17) is 4.74 Å². The van der Waals surface area contributed by atoms with Crippen LogP contribution in [0.15, 0.2) is 38.8 Å². The van der Waals surface area contributed by atoms with E-state index in [0.717, 1.165) is 21.3 Å². The first-order valence-corrected chi connectivity index (χ1v) is 8.16. The molecule has 0 fully saturated rings. The van der Waals surface area contributed by atoms with Crippen molar-refractivity contribution >= 4 is 6.21 Å². The molecule has 0 bridgehead atoms. The molecule has 7 heteroatoms. The molecule has 1 aromatic carbocycles. The summed E-state index contributed by atoms with van der Waals surface area (Å²) in [5, 5.41) is 9.91. The maximum absolute atomic E-state index is 12.0. The van der Waals surface area contributed by atoms with Gasteiger partial charge in [0, 0.05) is 33.3 Å². The van der Waals surface area contributed by atoms with Gasteiger partial charge in [-0.15, -0.1) is 0 Å². The standard InChI is InChI=1S/C18H23N3O4/c1-4-13-6-8-14(9-7-13)25-11-5-10-19-12-15-16(22)20(2)18(24)21(3)17(15)23/h6-9,12,22H,4-5,10-11H2,1-3H3. The lowest BCUT2D eigenvalue weighted by molar-refractivity contribution is 0.313. The SMILES string of the molecule is CCc1ccc(OCCCN=Cc2c(O)n(C)c(=O)n(C)c2=O)cc1. The summed E-state index contributed by atoms with van der Waals surface area (Å²) < 4.78 is 7.57. The molecule has 2 aromatic rings. The van der Waals surface area contributed by atoms with Crippen molar-refractivity contribution in [2.24, 2.45) is 19.1 Å². The molecule has 1 aromatic heterocycles. The molecule has 0 aliphatic carbocycles. The van der Waals surface area contributed by atoms with Crippen molar-refractivity contribution in [3.63, 3.8) is 0 Å². The van der Waals surface area contributed by atoms with Gasteiger partial charge in [-0.1, -0.05) is 19.1 Å². The maximum Gasteiger partial charge on any atom is 0.333 e. The Labute approximate surface area is 145 Å². The second kappa shape index (κ2) is 8.32. The Morgan fingerprint density at radius 2 is 1.84 bits per heavy atom. The highest BCUT2D eigenvalue weighted by Gasteiger charge is 2.12. The van der Waals surface area contributed by atoms with Crippen LogP contribution in [0, 0.1) is 0 Å². The quantitative estimate of drug-likeness (QED) is 0.604. The lowest BCUT2D eigenvalue weighted by Crippen LogP contribution is -2.38. The highest BCUT2D eigenvalue weighted by Crippen LogP contribution is 2.12. The molecule has 0 spiro atoms. The van der Waals surface area contributed by atoms with Gasteiger partial charge in [0.2, 0.25) is 5.88 Å². The van der Waals surface area contributed by atoms with Crippen molar-refractivity contribution in [2.75, 3.05) is 13.2 Å². The van der Waals surface area contributed by atoms with E-state index in [0.29, 0.717) is 19.6 Å². The van der Waals surface area contributed by atoms with Crippen LogP contribution in [-0.2, 0) is 20.5 Å². The Bertz CT molecular complexity index is 864. The highest BCUT2D eigenvalue weighted by molar-refractivity contribution is 5.81. The third kappa shape index (κ3) is 4.37. The first-order valence-electron chi connectivity index (χ1n) is 8.16. The molecule has 0 unspecified atom stereocenters. The number of aliphatic imine (C=N–C) groups is 1. The summed E-state index contributed by atoms with van der Waals surface area (Å²) >= 11 is 0. The van der Waals surface area contributed by atoms with Crippen molar-refractivity contribution in [3.05, 3.63) is 56.2 Å². The van der Waals surface area contributed by atoms with E-state index < -0.39 is 11.2 Å². The van der Waals surface area contributed by atoms with Gasteiger partial charge in [-0.2, -0.15) is 0 Å². The van der Waals surface area contributed by atoms with E-state index in [1.54, 1.807) is 0 Å². The molecule has 7 nitrogen and oxygen atoms in total. The van der Waals surface area contributed by atoms with Crippen LogP contribution < -0.4 is 16.0 Å². The number of benzene rings is 1. The topological polar surface area (TPSA) is 85.8 Å². The summed E-state index contributed by atoms with van der Waals surface area (Å²) in [5.41, 5.74) is 0.107. The molecular weight excluding hydrogens is 322 g/mol. The second-order valence-corrected chi connectivity index (χ2v) is 5.68. The third-order valence-electron chi connectivity index (χ3n) is 3.92. The Morgan fingerprint density at radius 1 is 1.16 bits per heavy atom. The summed E-state index contributed by atoms with van der Waals surface area (Å²) in [4.78, 5) is 27.8. The number of hydrogen-bond donors (Lipinski definition) is 1. The molecule has 134 valence electrons. The predicted molar refractivity (Wildman–Crippen MR) is 97.0 cm³/mol. The minimum Gasteiger partial charge on any atom is -0.494 e. The fourth-order valence-electron chi connectivity index (χ4n) is 2.30. The van der Waals surface area contributed by atoms with Crippen molar-refractivity contribution in [3.8, 4) is 11.6 Å². The van der Waals surface area contributed by atoms with Gasteiger partial charge in [-0.3, -0.25) is 18.9 Å². The third-order valence-corrected chi connectivity index (χ3v) is 3.92. The normalized spacial score (nSPS) is 11.2. The molecule has 0 aliphatic heterocycles. The van der Waals surface area contributed by atoms with Crippen molar-refractivity contribution < 1.29 is 9.84 Å². The highest BCUT2D eigenvalue weighted by atomic mass is 16.5. The van der Waals surface area contributed by atoms with Gasteiger partial charge in [0.15, 0.2) is 0 Å². The minimum atomic E-state index is -0.581. The van der Waals surface area contributed by atoms with Gasteiger partial charge in [-0.25, -0.2) is 4.79 Å². The summed E-state index contributed by atoms with van der Waals surface area (Å²) in [6.07, 6.45) is 2.96. The predicted octanol–water partition coefficient (Wildman–Crippen LogP) is 1.24. The van der Waals surface area contributed by atoms with E-state index in [2.05, 4.69) is 11.9 Å². The Kier molecular flexibility index (Phi) is 6.16. The Hall–Kier alpha value is -2.83. The average molecular weight is 345 g/mol. The van der Waals surface area contributed by atoms with Gasteiger partial charge in [0.25, 0.3) is 5.56 Å². The van der Waals surface area contributed by atoms with Crippen LogP contribution in [0.2, 0.25) is 0 Å². The summed E-state index contributed by atoms with van der Waals surface area (Å²) in [6, 6.07) is 7.94. The first kappa shape index (κ1) is 18.5. The summed E-state index contributed by atoms with van der Waals surface area (Å²) in [5.74, 6) is 0.426. The van der Waals surface area contributed by atoms with E-state index in [-0.39, 0.29) is 11.4 Å². The van der Waals surface area contributed by atoms with Crippen molar-refractivity contribution in [2.45, 2.75) is 19.8 Å². The molecule has 0 atom stereocenters. The lowest BCUT2D eigenvalue weighted by atomic mass is 10.2. The van der Waals surface area contributed by atoms with Crippen LogP contribution >= 0.6 is 0 Å². The van der Waals surface area contributed by atoms with Crippen LogP contribution in [0.3, 0.4) is 0 Å². The molecular formula is C18H23N3O4. The summed E-state index contributed by atoms with van der Waals surface area (Å²) in [7, 11) is 2.76. The molecule has 0 amide bonds. The van der Waals surface area contributed by atoms with Gasteiger partial charge in [0.1, 0.15) is 11.3 Å². The molecule has 25 heavy (non-hydrogen) atoms. The fourth-order valence-corrected chi connectivity index (χ4v) is 2.30. The van der Waals surface area contributed by atoms with E-state index in [1.807, 2.05) is 24.3 Å². The van der Waals surface area contributed by atoms with E-state index in [1.165, 1.54) is 25.9 Å². The van der Waals surface area contributed by atoms with E-state index in [9.17, 15) is 14.7 Å². The molecule has 1 heterocycles. The zero-order valence-electron chi connectivity index (χ0n) is 14.7. The Morgan fingerprint density at radius 3 is 2.48 bits per heavy atom. The molecule has 1 N–H and O–H groups in total. The molecule has 0 saturated heterocycles. The maximum atomic E-state index is 12.0. The van der Waals surface area contributed by atoms with Crippen molar-refractivity contribution in [1.29, 1.82) is 0 Å². The van der Waals surface area contributed by atoms with E-state index >= 15 is 0 Å². The van der Waals surface area contributed by atoms with Gasteiger partial charge >= 0.3 is 5.69 Å². The smallest absolute Gasteiger partial charge is 0.333 e. The number of aromatic hydroxyl groups is 1. The fraction of sp³-hybridized carbons (Fsp3) is 0.389. The molecule has 0 saturated carbocycles. The first-order chi connectivity index (χ1) is 12.0. The molecule has 0 radical (unpaired) electrons. The van der Waals surface area contributed by atoms with Crippen molar-refractivity contribution in [1.82, 2.24) is 9.13 Å². The van der Waals surface area contributed by atoms with Gasteiger partial charge < -0.3 is 9.84 Å². The number of rotatable bonds is 7.